The first kappa shape index (κ1) is 18.1. The number of nitrogens with zero attached hydrogens (tertiary/aromatic N) is 1. The van der Waals surface area contributed by atoms with E-state index in [4.69, 9.17) is 0 Å². The molecule has 3 atom stereocenters. The third-order valence-corrected chi connectivity index (χ3v) is 5.05. The van der Waals surface area contributed by atoms with Gasteiger partial charge in [-0.1, -0.05) is 0 Å². The molecule has 4 nitrogen and oxygen atoms in total. The first-order valence-electron chi connectivity index (χ1n) is 8.00. The summed E-state index contributed by atoms with van der Waals surface area (Å²) in [5, 5.41) is 11.6. The highest BCUT2D eigenvalue weighted by atomic mass is 19.2. The Hall–Kier alpha value is -1.74. The lowest BCUT2D eigenvalue weighted by atomic mass is 9.98. The van der Waals surface area contributed by atoms with E-state index in [-0.39, 0.29) is 12.1 Å². The lowest BCUT2D eigenvalue weighted by Crippen LogP contribution is -2.53. The predicted octanol–water partition coefficient (Wildman–Crippen LogP) is 2.70. The topological polar surface area (TPSA) is 52.6 Å². The number of fused-ring (bicyclic) bond motifs is 2. The second kappa shape index (κ2) is 6.53. The van der Waals surface area contributed by atoms with Gasteiger partial charge in [0.05, 0.1) is 12.1 Å². The number of hydrogen-bond acceptors (Lipinski definition) is 3. The first-order valence-corrected chi connectivity index (χ1v) is 8.00. The number of halogens is 5. The van der Waals surface area contributed by atoms with Crippen molar-refractivity contribution in [2.75, 3.05) is 5.32 Å². The molecule has 2 aliphatic heterocycles. The number of piperidine rings is 1. The summed E-state index contributed by atoms with van der Waals surface area (Å²) in [5.74, 6) is -11.5. The maximum absolute atomic E-state index is 13.7. The van der Waals surface area contributed by atoms with Crippen LogP contribution in [0.1, 0.15) is 32.6 Å². The van der Waals surface area contributed by atoms with Gasteiger partial charge in [0.25, 0.3) is 0 Å². The summed E-state index contributed by atoms with van der Waals surface area (Å²) >= 11 is 0. The number of anilines is 1. The Bertz CT molecular complexity index is 671. The van der Waals surface area contributed by atoms with Crippen LogP contribution in [0.25, 0.3) is 0 Å². The molecule has 2 bridgehead atoms. The minimum absolute atomic E-state index is 0.0501. The van der Waals surface area contributed by atoms with Crippen LogP contribution in [0.15, 0.2) is 0 Å². The summed E-state index contributed by atoms with van der Waals surface area (Å²) in [6.07, 6.45) is 2.07. The van der Waals surface area contributed by atoms with Gasteiger partial charge in [0, 0.05) is 12.1 Å². The maximum Gasteiger partial charge on any atom is 0.241 e. The zero-order chi connectivity index (χ0) is 18.5. The van der Waals surface area contributed by atoms with E-state index in [0.717, 1.165) is 12.8 Å². The molecular weight excluding hydrogens is 347 g/mol. The van der Waals surface area contributed by atoms with E-state index in [2.05, 4.69) is 0 Å². The van der Waals surface area contributed by atoms with Gasteiger partial charge in [-0.25, -0.2) is 22.0 Å². The molecule has 2 fully saturated rings. The average molecular weight is 364 g/mol. The first-order chi connectivity index (χ1) is 11.7. The van der Waals surface area contributed by atoms with Gasteiger partial charge in [0.15, 0.2) is 23.3 Å². The molecular formula is C16H17F5N2O2. The van der Waals surface area contributed by atoms with Crippen molar-refractivity contribution in [3.63, 3.8) is 0 Å². The highest BCUT2D eigenvalue weighted by molar-refractivity contribution is 5.95. The van der Waals surface area contributed by atoms with Crippen molar-refractivity contribution in [1.29, 1.82) is 0 Å². The molecule has 0 saturated carbocycles. The van der Waals surface area contributed by atoms with Crippen molar-refractivity contribution < 1.29 is 31.9 Å². The molecule has 2 N–H and O–H groups in total. The molecule has 1 aromatic carbocycles. The van der Waals surface area contributed by atoms with Crippen LogP contribution in [-0.4, -0.2) is 40.1 Å². The molecule has 0 spiro atoms. The van der Waals surface area contributed by atoms with Crippen molar-refractivity contribution in [2.45, 2.75) is 56.8 Å². The van der Waals surface area contributed by atoms with E-state index in [1.165, 1.54) is 6.92 Å². The maximum atomic E-state index is 13.7. The number of aliphatic hydroxyl groups is 1. The van der Waals surface area contributed by atoms with E-state index >= 15 is 0 Å². The highest BCUT2D eigenvalue weighted by Crippen LogP contribution is 2.37. The van der Waals surface area contributed by atoms with Crippen LogP contribution in [0.3, 0.4) is 0 Å². The quantitative estimate of drug-likeness (QED) is 0.493. The Kier molecular flexibility index (Phi) is 4.72. The fourth-order valence-corrected chi connectivity index (χ4v) is 3.89. The van der Waals surface area contributed by atoms with Crippen molar-refractivity contribution >= 4 is 11.6 Å². The van der Waals surface area contributed by atoms with Crippen LogP contribution in [0, 0.1) is 29.1 Å². The fraction of sp³-hybridized carbons (Fsp3) is 0.562. The second-order valence-corrected chi connectivity index (χ2v) is 6.57. The van der Waals surface area contributed by atoms with Crippen LogP contribution in [0.2, 0.25) is 0 Å². The SMILES string of the molecule is C[C@@H](C(=O)Nc1c(F)c(F)c(F)c(F)c1F)N1[C@H]2CC[C@H]1CC(O)C2. The van der Waals surface area contributed by atoms with E-state index in [9.17, 15) is 31.9 Å². The molecule has 0 unspecified atom stereocenters. The number of carbonyl (C=O) groups is 1. The number of benzene rings is 1. The van der Waals surface area contributed by atoms with E-state index in [1.807, 2.05) is 10.2 Å². The molecule has 0 aromatic heterocycles. The largest absolute Gasteiger partial charge is 0.393 e. The Labute approximate surface area is 140 Å². The number of amides is 1. The molecule has 0 radical (unpaired) electrons. The Balaban J connectivity index is 1.82. The lowest BCUT2D eigenvalue weighted by molar-refractivity contribution is -0.123. The van der Waals surface area contributed by atoms with E-state index in [1.54, 1.807) is 0 Å². The number of carbonyl (C=O) groups excluding carboxylic acids is 1. The molecule has 9 heteroatoms. The summed E-state index contributed by atoms with van der Waals surface area (Å²) in [4.78, 5) is 14.2. The number of hydrogen-bond donors (Lipinski definition) is 2. The minimum Gasteiger partial charge on any atom is -0.393 e. The molecule has 0 aliphatic carbocycles. The van der Waals surface area contributed by atoms with Gasteiger partial charge in [-0.05, 0) is 32.6 Å². The Morgan fingerprint density at radius 1 is 1.00 bits per heavy atom. The summed E-state index contributed by atoms with van der Waals surface area (Å²) in [5.41, 5.74) is -1.35. The van der Waals surface area contributed by atoms with Crippen molar-refractivity contribution in [2.24, 2.45) is 0 Å². The highest BCUT2D eigenvalue weighted by Gasteiger charge is 2.44. The number of aliphatic hydroxyl groups excluding tert-OH is 1. The van der Waals surface area contributed by atoms with Crippen molar-refractivity contribution in [3.05, 3.63) is 29.1 Å². The van der Waals surface area contributed by atoms with Crippen LogP contribution >= 0.6 is 0 Å². The van der Waals surface area contributed by atoms with Gasteiger partial charge in [-0.3, -0.25) is 9.69 Å². The predicted molar refractivity (Wildman–Crippen MR) is 78.2 cm³/mol. The third kappa shape index (κ3) is 2.99. The average Bonchev–Trinajstić information content (AvgIpc) is 2.85. The van der Waals surface area contributed by atoms with Gasteiger partial charge in [-0.15, -0.1) is 0 Å². The Morgan fingerprint density at radius 2 is 1.44 bits per heavy atom. The molecule has 2 heterocycles. The number of rotatable bonds is 3. The van der Waals surface area contributed by atoms with Crippen LogP contribution in [0.5, 0.6) is 0 Å². The molecule has 2 aliphatic rings. The summed E-state index contributed by atoms with van der Waals surface area (Å²) in [6.45, 7) is 1.50. The monoisotopic (exact) mass is 364 g/mol. The van der Waals surface area contributed by atoms with E-state index < -0.39 is 52.8 Å². The zero-order valence-electron chi connectivity index (χ0n) is 13.3. The van der Waals surface area contributed by atoms with Gasteiger partial charge >= 0.3 is 0 Å². The molecule has 1 amide bonds. The molecule has 3 rings (SSSR count). The standard InChI is InChI=1S/C16H17F5N2O2/c1-6(23-7-2-3-8(23)5-9(24)4-7)16(25)22-15-13(20)11(18)10(17)12(19)14(15)21/h6-9,24H,2-5H2,1H3,(H,22,25)/t6-,7-,8-/m0/s1. The van der Waals surface area contributed by atoms with Crippen molar-refractivity contribution in [1.82, 2.24) is 4.90 Å². The normalized spacial score (nSPS) is 27.4. The van der Waals surface area contributed by atoms with E-state index in [0.29, 0.717) is 12.8 Å². The Morgan fingerprint density at radius 3 is 1.92 bits per heavy atom. The number of nitrogens with one attached hydrogen (secondary N) is 1. The van der Waals surface area contributed by atoms with Gasteiger partial charge in [0.1, 0.15) is 5.69 Å². The van der Waals surface area contributed by atoms with Crippen molar-refractivity contribution in [3.8, 4) is 0 Å². The van der Waals surface area contributed by atoms with Gasteiger partial charge in [-0.2, -0.15) is 0 Å². The third-order valence-electron chi connectivity index (χ3n) is 5.05. The summed E-state index contributed by atoms with van der Waals surface area (Å²) < 4.78 is 66.9. The fourth-order valence-electron chi connectivity index (χ4n) is 3.89. The summed E-state index contributed by atoms with van der Waals surface area (Å²) in [7, 11) is 0. The molecule has 1 aromatic rings. The van der Waals surface area contributed by atoms with Crippen LogP contribution in [0.4, 0.5) is 27.6 Å². The second-order valence-electron chi connectivity index (χ2n) is 6.57. The van der Waals surface area contributed by atoms with Crippen LogP contribution < -0.4 is 5.32 Å². The summed E-state index contributed by atoms with van der Waals surface area (Å²) in [6, 6.07) is -0.934. The van der Waals surface area contributed by atoms with Crippen LogP contribution in [-0.2, 0) is 4.79 Å². The van der Waals surface area contributed by atoms with Gasteiger partial charge < -0.3 is 10.4 Å². The minimum atomic E-state index is -2.27. The zero-order valence-corrected chi connectivity index (χ0v) is 13.3. The molecule has 2 saturated heterocycles. The smallest absolute Gasteiger partial charge is 0.241 e. The lowest BCUT2D eigenvalue weighted by Gasteiger charge is -2.40. The molecule has 138 valence electrons. The van der Waals surface area contributed by atoms with Gasteiger partial charge in [0.2, 0.25) is 11.7 Å². The molecule has 25 heavy (non-hydrogen) atoms.